The predicted octanol–water partition coefficient (Wildman–Crippen LogP) is 7.17. The summed E-state index contributed by atoms with van der Waals surface area (Å²) in [7, 11) is 0. The zero-order chi connectivity index (χ0) is 20.0. The lowest BCUT2D eigenvalue weighted by atomic mass is 9.75. The molecule has 1 aliphatic rings. The van der Waals surface area contributed by atoms with Crippen molar-refractivity contribution >= 4 is 0 Å². The highest BCUT2D eigenvalue weighted by Crippen LogP contribution is 2.39. The fraction of sp³-hybridized carbons (Fsp3) is 0.440. The van der Waals surface area contributed by atoms with Gasteiger partial charge in [-0.05, 0) is 71.9 Å². The Morgan fingerprint density at radius 2 is 1.54 bits per heavy atom. The molecule has 0 atom stereocenters. The van der Waals surface area contributed by atoms with Gasteiger partial charge in [-0.3, -0.25) is 10.3 Å². The Bertz CT molecular complexity index is 778. The molecule has 0 bridgehead atoms. The summed E-state index contributed by atoms with van der Waals surface area (Å²) in [6.07, 6.45) is 7.00. The van der Waals surface area contributed by atoms with E-state index >= 15 is 0 Å². The number of hydrogen-bond donors (Lipinski definition) is 1. The summed E-state index contributed by atoms with van der Waals surface area (Å²) in [6.45, 7) is 7.46. The van der Waals surface area contributed by atoms with Crippen LogP contribution in [0.5, 0.6) is 0 Å². The van der Waals surface area contributed by atoms with Crippen molar-refractivity contribution in [3.8, 4) is 11.1 Å². The molecule has 0 heterocycles. The molecule has 0 aromatic heterocycles. The summed E-state index contributed by atoms with van der Waals surface area (Å²) in [5.74, 6) is -0.210. The minimum Gasteiger partial charge on any atom is -0.272 e. The molecule has 2 aromatic carbocycles. The molecule has 1 N–H and O–H groups in total. The van der Waals surface area contributed by atoms with Crippen molar-refractivity contribution in [1.29, 1.82) is 0 Å². The third kappa shape index (κ3) is 5.68. The van der Waals surface area contributed by atoms with Gasteiger partial charge < -0.3 is 0 Å². The molecule has 0 radical (unpaired) electrons. The van der Waals surface area contributed by atoms with E-state index in [1.807, 2.05) is 0 Å². The van der Waals surface area contributed by atoms with E-state index in [2.05, 4.69) is 50.5 Å². The Labute approximate surface area is 168 Å². The molecule has 2 nitrogen and oxygen atoms in total. The lowest BCUT2D eigenvalue weighted by Crippen LogP contribution is -2.22. The van der Waals surface area contributed by atoms with Gasteiger partial charge in [0.15, 0.2) is 0 Å². The molecule has 150 valence electrons. The maximum Gasteiger partial charge on any atom is 0.123 e. The summed E-state index contributed by atoms with van der Waals surface area (Å²) in [4.78, 5) is 5.84. The van der Waals surface area contributed by atoms with E-state index in [4.69, 9.17) is 4.84 Å². The van der Waals surface area contributed by atoms with Gasteiger partial charge in [0.25, 0.3) is 0 Å². The van der Waals surface area contributed by atoms with Crippen molar-refractivity contribution in [2.24, 2.45) is 5.41 Å². The Morgan fingerprint density at radius 1 is 0.964 bits per heavy atom. The summed E-state index contributed by atoms with van der Waals surface area (Å²) in [5, 5.41) is 0. The summed E-state index contributed by atoms with van der Waals surface area (Å²) < 4.78 is 13.1. The maximum absolute atomic E-state index is 13.1. The first-order chi connectivity index (χ1) is 13.5. The van der Waals surface area contributed by atoms with E-state index in [0.717, 1.165) is 29.5 Å². The highest BCUT2D eigenvalue weighted by atomic mass is 19.1. The first kappa shape index (κ1) is 20.6. The molecule has 28 heavy (non-hydrogen) atoms. The van der Waals surface area contributed by atoms with Crippen LogP contribution in [0.2, 0.25) is 0 Å². The Balaban J connectivity index is 1.56. The van der Waals surface area contributed by atoms with E-state index in [1.165, 1.54) is 49.1 Å². The van der Waals surface area contributed by atoms with Crippen molar-refractivity contribution < 1.29 is 9.23 Å². The molecular formula is C25H32FNO. The number of hydroxylamine groups is 1. The van der Waals surface area contributed by atoms with Crippen LogP contribution in [0.1, 0.15) is 64.9 Å². The lowest BCUT2D eigenvalue weighted by Gasteiger charge is -2.32. The summed E-state index contributed by atoms with van der Waals surface area (Å²) in [6, 6.07) is 14.8. The standard InChI is InChI=1S/C25H32FNO/c1-4-5-24(22-14-16-25(2,3)17-15-22)27-28-18-19-6-8-20(9-7-19)21-10-12-23(26)13-11-21/h6-13,27H,4-5,14-18H2,1-3H3. The van der Waals surface area contributed by atoms with E-state index in [9.17, 15) is 4.39 Å². The second-order valence-corrected chi connectivity index (χ2v) is 8.59. The van der Waals surface area contributed by atoms with Crippen molar-refractivity contribution in [1.82, 2.24) is 5.48 Å². The molecule has 0 saturated heterocycles. The molecule has 1 fully saturated rings. The summed E-state index contributed by atoms with van der Waals surface area (Å²) in [5.41, 5.74) is 9.75. The minimum absolute atomic E-state index is 0.210. The quantitative estimate of drug-likeness (QED) is 0.513. The zero-order valence-corrected chi connectivity index (χ0v) is 17.4. The Kier molecular flexibility index (Phi) is 6.90. The second-order valence-electron chi connectivity index (χ2n) is 8.59. The number of benzene rings is 2. The second kappa shape index (κ2) is 9.38. The van der Waals surface area contributed by atoms with Crippen molar-refractivity contribution in [2.75, 3.05) is 0 Å². The normalized spacial score (nSPS) is 16.1. The fourth-order valence-corrected chi connectivity index (χ4v) is 3.72. The average Bonchev–Trinajstić information content (AvgIpc) is 2.69. The minimum atomic E-state index is -0.210. The number of halogens is 1. The average molecular weight is 382 g/mol. The van der Waals surface area contributed by atoms with E-state index in [0.29, 0.717) is 12.0 Å². The molecule has 1 aliphatic carbocycles. The fourth-order valence-electron chi connectivity index (χ4n) is 3.72. The molecule has 0 amide bonds. The third-order valence-corrected chi connectivity index (χ3v) is 5.70. The van der Waals surface area contributed by atoms with Crippen LogP contribution in [0, 0.1) is 11.2 Å². The largest absolute Gasteiger partial charge is 0.272 e. The van der Waals surface area contributed by atoms with Gasteiger partial charge in [-0.2, -0.15) is 0 Å². The van der Waals surface area contributed by atoms with Crippen LogP contribution < -0.4 is 5.48 Å². The predicted molar refractivity (Wildman–Crippen MR) is 114 cm³/mol. The van der Waals surface area contributed by atoms with Crippen LogP contribution in [0.25, 0.3) is 11.1 Å². The van der Waals surface area contributed by atoms with Gasteiger partial charge in [0.05, 0.1) is 6.61 Å². The monoisotopic (exact) mass is 381 g/mol. The molecule has 3 heteroatoms. The third-order valence-electron chi connectivity index (χ3n) is 5.70. The number of rotatable bonds is 7. The maximum atomic E-state index is 13.1. The summed E-state index contributed by atoms with van der Waals surface area (Å²) >= 11 is 0. The SMILES string of the molecule is CCCC(NOCc1ccc(-c2ccc(F)cc2)cc1)=C1CCC(C)(C)CC1. The van der Waals surface area contributed by atoms with Crippen LogP contribution in [0.15, 0.2) is 59.8 Å². The van der Waals surface area contributed by atoms with Gasteiger partial charge in [0, 0.05) is 5.70 Å². The number of allylic oxidation sites excluding steroid dienone is 2. The molecule has 0 aliphatic heterocycles. The van der Waals surface area contributed by atoms with E-state index in [-0.39, 0.29) is 5.82 Å². The van der Waals surface area contributed by atoms with Crippen LogP contribution in [0.3, 0.4) is 0 Å². The molecule has 0 spiro atoms. The van der Waals surface area contributed by atoms with Crippen LogP contribution in [-0.4, -0.2) is 0 Å². The van der Waals surface area contributed by atoms with Gasteiger partial charge in [-0.15, -0.1) is 0 Å². The smallest absolute Gasteiger partial charge is 0.123 e. The topological polar surface area (TPSA) is 21.3 Å². The highest BCUT2D eigenvalue weighted by Gasteiger charge is 2.24. The van der Waals surface area contributed by atoms with Crippen LogP contribution in [-0.2, 0) is 11.4 Å². The molecule has 3 rings (SSSR count). The first-order valence-corrected chi connectivity index (χ1v) is 10.4. The van der Waals surface area contributed by atoms with Gasteiger partial charge in [0.2, 0.25) is 0 Å². The van der Waals surface area contributed by atoms with E-state index in [1.54, 1.807) is 12.1 Å². The first-order valence-electron chi connectivity index (χ1n) is 10.4. The number of nitrogens with one attached hydrogen (secondary N) is 1. The zero-order valence-electron chi connectivity index (χ0n) is 17.4. The van der Waals surface area contributed by atoms with Gasteiger partial charge in [0.1, 0.15) is 5.82 Å². The number of hydrogen-bond acceptors (Lipinski definition) is 2. The lowest BCUT2D eigenvalue weighted by molar-refractivity contribution is 0.0452. The van der Waals surface area contributed by atoms with Crippen molar-refractivity contribution in [2.45, 2.75) is 65.9 Å². The molecule has 2 aromatic rings. The van der Waals surface area contributed by atoms with Gasteiger partial charge in [-0.1, -0.05) is 63.6 Å². The Hall–Kier alpha value is -2.13. The van der Waals surface area contributed by atoms with Crippen molar-refractivity contribution in [3.05, 3.63) is 71.2 Å². The van der Waals surface area contributed by atoms with Crippen LogP contribution in [0.4, 0.5) is 4.39 Å². The highest BCUT2D eigenvalue weighted by molar-refractivity contribution is 5.63. The van der Waals surface area contributed by atoms with E-state index < -0.39 is 0 Å². The Morgan fingerprint density at radius 3 is 2.11 bits per heavy atom. The van der Waals surface area contributed by atoms with Gasteiger partial charge in [-0.25, -0.2) is 4.39 Å². The van der Waals surface area contributed by atoms with Gasteiger partial charge >= 0.3 is 0 Å². The molecule has 1 saturated carbocycles. The van der Waals surface area contributed by atoms with Crippen LogP contribution >= 0.6 is 0 Å². The van der Waals surface area contributed by atoms with Crippen molar-refractivity contribution in [3.63, 3.8) is 0 Å². The molecular weight excluding hydrogens is 349 g/mol. The molecule has 0 unspecified atom stereocenters.